The molecule has 3 heterocycles. The first-order chi connectivity index (χ1) is 13.4. The third-order valence-electron chi connectivity index (χ3n) is 6.41. The summed E-state index contributed by atoms with van der Waals surface area (Å²) in [4.78, 5) is 27.4. The monoisotopic (exact) mass is 423 g/mol. The van der Waals surface area contributed by atoms with E-state index in [1.54, 1.807) is 4.57 Å². The van der Waals surface area contributed by atoms with E-state index in [2.05, 4.69) is 12.2 Å². The number of pyridine rings is 1. The van der Waals surface area contributed by atoms with E-state index >= 15 is 0 Å². The second-order valence-corrected chi connectivity index (χ2v) is 8.06. The molecule has 3 atom stereocenters. The summed E-state index contributed by atoms with van der Waals surface area (Å²) in [5.41, 5.74) is 0.444. The standard InChI is InChI=1S/C21H26FN3O3.ClH/c1-3-24-8-4-5-15(24)11-23-20(27)17-19(26)16-10-14(22)9-13-7-6-12(2)25(18(13)16)21(17)28;/h9-10,12,15,26H,3-8,11H2,1-2H3,(H,23,27);1H. The van der Waals surface area contributed by atoms with E-state index in [0.717, 1.165) is 25.9 Å². The van der Waals surface area contributed by atoms with Gasteiger partial charge in [-0.1, -0.05) is 0 Å². The fourth-order valence-corrected chi connectivity index (χ4v) is 4.89. The Kier molecular flexibility index (Phi) is 6.19. The minimum absolute atomic E-state index is 0. The van der Waals surface area contributed by atoms with Gasteiger partial charge in [0.15, 0.2) is 0 Å². The summed E-state index contributed by atoms with van der Waals surface area (Å²) in [6.07, 6.45) is 3.48. The number of hydrogen-bond donors (Lipinski definition) is 3. The van der Waals surface area contributed by atoms with Crippen LogP contribution >= 0.6 is 0 Å². The molecule has 4 rings (SSSR count). The smallest absolute Gasteiger partial charge is 0.267 e. The molecular weight excluding hydrogens is 397 g/mol. The normalized spacial score (nSPS) is 23.1. The van der Waals surface area contributed by atoms with Crippen molar-refractivity contribution in [2.75, 3.05) is 19.6 Å². The van der Waals surface area contributed by atoms with Gasteiger partial charge in [-0.3, -0.25) is 9.59 Å². The van der Waals surface area contributed by atoms with Gasteiger partial charge in [-0.25, -0.2) is 4.39 Å². The number of rotatable bonds is 4. The molecule has 0 radical (unpaired) electrons. The second kappa shape index (κ2) is 8.32. The number of nitrogens with zero attached hydrogens (tertiary/aromatic N) is 1. The van der Waals surface area contributed by atoms with Crippen LogP contribution in [0.2, 0.25) is 0 Å². The summed E-state index contributed by atoms with van der Waals surface area (Å²) in [5, 5.41) is 13.8. The van der Waals surface area contributed by atoms with E-state index < -0.39 is 23.0 Å². The summed E-state index contributed by atoms with van der Waals surface area (Å²) in [7, 11) is 0. The summed E-state index contributed by atoms with van der Waals surface area (Å²) < 4.78 is 15.6. The third-order valence-corrected chi connectivity index (χ3v) is 6.41. The number of aryl methyl sites for hydroxylation is 1. The molecule has 158 valence electrons. The maximum atomic E-state index is 14.1. The highest BCUT2D eigenvalue weighted by Crippen LogP contribution is 2.35. The molecule has 0 spiro atoms. The molecule has 3 N–H and O–H groups in total. The van der Waals surface area contributed by atoms with Crippen molar-refractivity contribution in [3.05, 3.63) is 39.4 Å². The summed E-state index contributed by atoms with van der Waals surface area (Å²) in [6, 6.07) is 2.82. The average Bonchev–Trinajstić information content (AvgIpc) is 3.12. The third kappa shape index (κ3) is 3.62. The second-order valence-electron chi connectivity index (χ2n) is 8.06. The number of hydrogen-bond acceptors (Lipinski definition) is 3. The largest absolute Gasteiger partial charge is 1.00 e. The number of benzene rings is 1. The van der Waals surface area contributed by atoms with Gasteiger partial charge in [0.25, 0.3) is 11.5 Å². The van der Waals surface area contributed by atoms with Crippen molar-refractivity contribution in [2.45, 2.75) is 51.6 Å². The molecule has 1 saturated heterocycles. The molecular formula is C21H27ClFN3O3. The first-order valence-electron chi connectivity index (χ1n) is 10.1. The van der Waals surface area contributed by atoms with Crippen LogP contribution in [0.25, 0.3) is 10.9 Å². The van der Waals surface area contributed by atoms with Crippen molar-refractivity contribution >= 4 is 16.8 Å². The Morgan fingerprint density at radius 2 is 2.14 bits per heavy atom. The lowest BCUT2D eigenvalue weighted by Crippen LogP contribution is -3.14. The summed E-state index contributed by atoms with van der Waals surface area (Å²) in [6.45, 7) is 6.57. The van der Waals surface area contributed by atoms with E-state index in [0.29, 0.717) is 36.5 Å². The Balaban J connectivity index is 0.00000240. The molecule has 1 aromatic heterocycles. The molecule has 0 bridgehead atoms. The van der Waals surface area contributed by atoms with Crippen LogP contribution in [-0.4, -0.2) is 41.3 Å². The molecule has 6 nitrogen and oxygen atoms in total. The first-order valence-corrected chi connectivity index (χ1v) is 10.1. The Hall–Kier alpha value is -2.12. The summed E-state index contributed by atoms with van der Waals surface area (Å²) >= 11 is 0. The molecule has 1 amide bonds. The number of nitrogens with one attached hydrogen (secondary N) is 2. The van der Waals surface area contributed by atoms with Crippen molar-refractivity contribution < 1.29 is 31.6 Å². The van der Waals surface area contributed by atoms with Crippen LogP contribution in [0.1, 0.15) is 55.1 Å². The molecule has 0 saturated carbocycles. The predicted molar refractivity (Wildman–Crippen MR) is 105 cm³/mol. The van der Waals surface area contributed by atoms with Gasteiger partial charge in [0.1, 0.15) is 23.2 Å². The minimum atomic E-state index is -0.584. The highest BCUT2D eigenvalue weighted by molar-refractivity contribution is 6.03. The van der Waals surface area contributed by atoms with E-state index in [1.165, 1.54) is 17.0 Å². The van der Waals surface area contributed by atoms with Crippen LogP contribution in [0.15, 0.2) is 16.9 Å². The number of halogens is 2. The van der Waals surface area contributed by atoms with E-state index in [4.69, 9.17) is 0 Å². The van der Waals surface area contributed by atoms with Crippen LogP contribution in [0.4, 0.5) is 4.39 Å². The fourth-order valence-electron chi connectivity index (χ4n) is 4.89. The van der Waals surface area contributed by atoms with Crippen molar-refractivity contribution in [1.29, 1.82) is 0 Å². The maximum Gasteiger partial charge on any atom is 0.267 e. The van der Waals surface area contributed by atoms with Gasteiger partial charge in [-0.05, 0) is 44.4 Å². The predicted octanol–water partition coefficient (Wildman–Crippen LogP) is -1.85. The van der Waals surface area contributed by atoms with Crippen LogP contribution in [0, 0.1) is 5.82 Å². The first kappa shape index (κ1) is 21.6. The molecule has 2 aliphatic heterocycles. The van der Waals surface area contributed by atoms with Gasteiger partial charge < -0.3 is 32.3 Å². The van der Waals surface area contributed by atoms with Crippen LogP contribution < -0.4 is 28.2 Å². The molecule has 1 aromatic carbocycles. The van der Waals surface area contributed by atoms with Crippen LogP contribution in [-0.2, 0) is 6.42 Å². The lowest BCUT2D eigenvalue weighted by Gasteiger charge is -2.27. The van der Waals surface area contributed by atoms with Gasteiger partial charge in [-0.15, -0.1) is 0 Å². The lowest BCUT2D eigenvalue weighted by atomic mass is 9.95. The highest BCUT2D eigenvalue weighted by atomic mass is 35.5. The van der Waals surface area contributed by atoms with E-state index in [9.17, 15) is 19.1 Å². The zero-order valence-corrected chi connectivity index (χ0v) is 17.5. The van der Waals surface area contributed by atoms with Crippen molar-refractivity contribution in [1.82, 2.24) is 9.88 Å². The molecule has 2 aliphatic rings. The Labute approximate surface area is 175 Å². The maximum absolute atomic E-state index is 14.1. The number of likely N-dealkylation sites (N-methyl/N-ethyl adjacent to an activating group) is 1. The van der Waals surface area contributed by atoms with Crippen molar-refractivity contribution in [3.63, 3.8) is 0 Å². The Morgan fingerprint density at radius 1 is 1.38 bits per heavy atom. The number of carbonyl (C=O) groups excluding carboxylic acids is 1. The van der Waals surface area contributed by atoms with E-state index in [1.807, 2.05) is 6.92 Å². The summed E-state index contributed by atoms with van der Waals surface area (Å²) in [5.74, 6) is -1.48. The van der Waals surface area contributed by atoms with Crippen molar-refractivity contribution in [2.24, 2.45) is 0 Å². The van der Waals surface area contributed by atoms with Gasteiger partial charge in [-0.2, -0.15) is 0 Å². The number of quaternary nitrogens is 1. The van der Waals surface area contributed by atoms with Gasteiger partial charge in [0, 0.05) is 24.3 Å². The molecule has 3 unspecified atom stereocenters. The molecule has 0 aliphatic carbocycles. The number of likely N-dealkylation sites (tertiary alicyclic amines) is 1. The molecule has 2 aromatic rings. The lowest BCUT2D eigenvalue weighted by molar-refractivity contribution is -0.909. The fraction of sp³-hybridized carbons (Fsp3) is 0.524. The van der Waals surface area contributed by atoms with E-state index in [-0.39, 0.29) is 29.4 Å². The van der Waals surface area contributed by atoms with Gasteiger partial charge in [0.2, 0.25) is 0 Å². The number of carbonyl (C=O) groups is 1. The molecule has 8 heteroatoms. The number of amides is 1. The zero-order valence-electron chi connectivity index (χ0n) is 16.7. The van der Waals surface area contributed by atoms with Crippen molar-refractivity contribution in [3.8, 4) is 5.75 Å². The SMILES string of the molecule is CC[NH+]1CCCC1CNC(=O)c1c(O)c2cc(F)cc3c2n(c1=O)C(C)CC3.[Cl-]. The topological polar surface area (TPSA) is 75.8 Å². The Morgan fingerprint density at radius 3 is 2.86 bits per heavy atom. The minimum Gasteiger partial charge on any atom is -1.00 e. The Bertz CT molecular complexity index is 1010. The molecule has 29 heavy (non-hydrogen) atoms. The van der Waals surface area contributed by atoms with Crippen LogP contribution in [0.3, 0.4) is 0 Å². The van der Waals surface area contributed by atoms with Crippen LogP contribution in [0.5, 0.6) is 5.75 Å². The number of aromatic hydroxyl groups is 1. The zero-order chi connectivity index (χ0) is 20.0. The molecule has 1 fully saturated rings. The quantitative estimate of drug-likeness (QED) is 0.540. The highest BCUT2D eigenvalue weighted by Gasteiger charge is 2.31. The average molecular weight is 424 g/mol. The number of aromatic nitrogens is 1. The van der Waals surface area contributed by atoms with Gasteiger partial charge >= 0.3 is 0 Å². The van der Waals surface area contributed by atoms with Gasteiger partial charge in [0.05, 0.1) is 25.2 Å².